The average Bonchev–Trinajstić information content (AvgIpc) is 2.33. The van der Waals surface area contributed by atoms with Crippen molar-refractivity contribution in [1.82, 2.24) is 0 Å². The van der Waals surface area contributed by atoms with E-state index in [1.54, 1.807) is 0 Å². The lowest BCUT2D eigenvalue weighted by atomic mass is 10.3. The molecule has 2 heteroatoms. The van der Waals surface area contributed by atoms with Crippen molar-refractivity contribution in [1.29, 1.82) is 0 Å². The Morgan fingerprint density at radius 1 is 1.40 bits per heavy atom. The third kappa shape index (κ3) is 1.86. The van der Waals surface area contributed by atoms with Crippen LogP contribution in [0.2, 0.25) is 0 Å². The molecule has 0 saturated carbocycles. The highest BCUT2D eigenvalue weighted by atomic mass is 35.5. The molecule has 1 aliphatic heterocycles. The van der Waals surface area contributed by atoms with Crippen LogP contribution in [-0.4, -0.2) is 6.54 Å². The molecule has 0 bridgehead atoms. The second-order valence-corrected chi connectivity index (χ2v) is 2.28. The Bertz CT molecular complexity index is 149. The Labute approximate surface area is 68.8 Å². The fourth-order valence-electron chi connectivity index (χ4n) is 1.18. The van der Waals surface area contributed by atoms with E-state index in [0.29, 0.717) is 0 Å². The van der Waals surface area contributed by atoms with Gasteiger partial charge in [-0.05, 0) is 13.0 Å². The molecule has 58 valence electrons. The van der Waals surface area contributed by atoms with Gasteiger partial charge in [0.05, 0.1) is 12.7 Å². The quantitative estimate of drug-likeness (QED) is 0.463. The first-order valence-electron chi connectivity index (χ1n) is 3.62. The molecule has 0 saturated heterocycles. The normalized spacial score (nSPS) is 22.2. The van der Waals surface area contributed by atoms with Crippen LogP contribution in [0.15, 0.2) is 24.0 Å². The van der Waals surface area contributed by atoms with E-state index < -0.39 is 0 Å². The highest BCUT2D eigenvalue weighted by Gasteiger charge is 2.10. The monoisotopic (exact) mass is 159 g/mol. The van der Waals surface area contributed by atoms with Crippen molar-refractivity contribution in [3.63, 3.8) is 0 Å². The molecule has 1 unspecified atom stereocenters. The Morgan fingerprint density at radius 2 is 2.10 bits per heavy atom. The van der Waals surface area contributed by atoms with Crippen LogP contribution in [0.25, 0.3) is 0 Å². The molecule has 0 radical (unpaired) electrons. The lowest BCUT2D eigenvalue weighted by Crippen LogP contribution is -3.04. The minimum atomic E-state index is 0. The van der Waals surface area contributed by atoms with Gasteiger partial charge in [0.2, 0.25) is 0 Å². The van der Waals surface area contributed by atoms with E-state index in [1.165, 1.54) is 23.6 Å². The van der Waals surface area contributed by atoms with Gasteiger partial charge >= 0.3 is 0 Å². The van der Waals surface area contributed by atoms with Crippen molar-refractivity contribution >= 4 is 0 Å². The number of hydrogen-bond donors (Lipinski definition) is 1. The standard InChI is InChI=1S/C8H13N.ClH/c1-3-8-6-5-7-9(8)4-2;/h5-7H,3-4H2,1-2H3;1H. The lowest BCUT2D eigenvalue weighted by molar-refractivity contribution is -0.801. The van der Waals surface area contributed by atoms with E-state index in [0.717, 1.165) is 0 Å². The number of halogens is 1. The maximum Gasteiger partial charge on any atom is 0.112 e. The van der Waals surface area contributed by atoms with Gasteiger partial charge in [0.1, 0.15) is 5.70 Å². The summed E-state index contributed by atoms with van der Waals surface area (Å²) < 4.78 is 0. The minimum Gasteiger partial charge on any atom is -1.00 e. The fraction of sp³-hybridized carbons (Fsp3) is 0.500. The van der Waals surface area contributed by atoms with Crippen molar-refractivity contribution in [2.75, 3.05) is 6.54 Å². The van der Waals surface area contributed by atoms with Gasteiger partial charge in [-0.25, -0.2) is 0 Å². The Kier molecular flexibility index (Phi) is 4.41. The first-order chi connectivity index (χ1) is 4.38. The third-order valence-electron chi connectivity index (χ3n) is 1.77. The SMILES string of the molecule is CCC1=CC=C[NH+]1CC.[Cl-]. The number of hydrogen-bond acceptors (Lipinski definition) is 0. The van der Waals surface area contributed by atoms with Crippen molar-refractivity contribution in [3.8, 4) is 0 Å². The summed E-state index contributed by atoms with van der Waals surface area (Å²) in [6.45, 7) is 5.58. The molecular weight excluding hydrogens is 146 g/mol. The molecular formula is C8H14ClN. The van der Waals surface area contributed by atoms with Crippen molar-refractivity contribution in [2.24, 2.45) is 0 Å². The van der Waals surface area contributed by atoms with Gasteiger partial charge in [0.25, 0.3) is 0 Å². The van der Waals surface area contributed by atoms with Crippen molar-refractivity contribution in [2.45, 2.75) is 20.3 Å². The van der Waals surface area contributed by atoms with E-state index in [1.807, 2.05) is 0 Å². The molecule has 0 fully saturated rings. The molecule has 1 rings (SSSR count). The summed E-state index contributed by atoms with van der Waals surface area (Å²) in [7, 11) is 0. The van der Waals surface area contributed by atoms with E-state index in [-0.39, 0.29) is 12.4 Å². The third-order valence-corrected chi connectivity index (χ3v) is 1.77. The second kappa shape index (κ2) is 4.53. The molecule has 1 N–H and O–H groups in total. The van der Waals surface area contributed by atoms with Crippen LogP contribution < -0.4 is 17.3 Å². The summed E-state index contributed by atoms with van der Waals surface area (Å²) in [6.07, 6.45) is 7.73. The van der Waals surface area contributed by atoms with Gasteiger partial charge in [0.15, 0.2) is 0 Å². The van der Waals surface area contributed by atoms with Crippen LogP contribution in [0, 0.1) is 0 Å². The fourth-order valence-corrected chi connectivity index (χ4v) is 1.18. The highest BCUT2D eigenvalue weighted by molar-refractivity contribution is 5.09. The zero-order valence-corrected chi connectivity index (χ0v) is 7.28. The first kappa shape index (κ1) is 9.73. The van der Waals surface area contributed by atoms with Gasteiger partial charge in [-0.15, -0.1) is 0 Å². The molecule has 0 amide bonds. The van der Waals surface area contributed by atoms with Crippen LogP contribution in [0.4, 0.5) is 0 Å². The van der Waals surface area contributed by atoms with E-state index >= 15 is 0 Å². The maximum absolute atomic E-state index is 2.21. The summed E-state index contributed by atoms with van der Waals surface area (Å²) in [4.78, 5) is 1.51. The predicted octanol–water partition coefficient (Wildman–Crippen LogP) is -2.28. The molecule has 0 aliphatic carbocycles. The summed E-state index contributed by atoms with van der Waals surface area (Å²) in [5.74, 6) is 0. The molecule has 0 aromatic carbocycles. The summed E-state index contributed by atoms with van der Waals surface area (Å²) in [5.41, 5.74) is 1.51. The van der Waals surface area contributed by atoms with Crippen LogP contribution >= 0.6 is 0 Å². The topological polar surface area (TPSA) is 4.44 Å². The second-order valence-electron chi connectivity index (χ2n) is 2.28. The van der Waals surface area contributed by atoms with Crippen LogP contribution in [0.3, 0.4) is 0 Å². The lowest BCUT2D eigenvalue weighted by Gasteiger charge is -2.08. The number of rotatable bonds is 2. The van der Waals surface area contributed by atoms with Gasteiger partial charge in [0, 0.05) is 12.5 Å². The molecule has 1 nitrogen and oxygen atoms in total. The van der Waals surface area contributed by atoms with E-state index in [2.05, 4.69) is 32.2 Å². The van der Waals surface area contributed by atoms with Crippen LogP contribution in [0.1, 0.15) is 20.3 Å². The Morgan fingerprint density at radius 3 is 2.50 bits per heavy atom. The molecule has 1 atom stereocenters. The molecule has 1 heterocycles. The van der Waals surface area contributed by atoms with Crippen LogP contribution in [0.5, 0.6) is 0 Å². The molecule has 0 spiro atoms. The zero-order valence-electron chi connectivity index (χ0n) is 6.52. The van der Waals surface area contributed by atoms with E-state index in [9.17, 15) is 0 Å². The first-order valence-corrected chi connectivity index (χ1v) is 3.62. The summed E-state index contributed by atoms with van der Waals surface area (Å²) >= 11 is 0. The zero-order chi connectivity index (χ0) is 6.69. The number of allylic oxidation sites excluding steroid dienone is 3. The van der Waals surface area contributed by atoms with Gasteiger partial charge < -0.3 is 12.4 Å². The molecule has 10 heavy (non-hydrogen) atoms. The Hall–Kier alpha value is -0.270. The van der Waals surface area contributed by atoms with Gasteiger partial charge in [-0.2, -0.15) is 0 Å². The summed E-state index contributed by atoms with van der Waals surface area (Å²) in [5, 5.41) is 0. The van der Waals surface area contributed by atoms with Gasteiger partial charge in [-0.3, -0.25) is 4.90 Å². The average molecular weight is 160 g/mol. The van der Waals surface area contributed by atoms with E-state index in [4.69, 9.17) is 0 Å². The molecule has 1 aliphatic rings. The number of nitrogens with one attached hydrogen (secondary N) is 1. The maximum atomic E-state index is 2.21. The highest BCUT2D eigenvalue weighted by Crippen LogP contribution is 1.95. The van der Waals surface area contributed by atoms with Crippen LogP contribution in [-0.2, 0) is 0 Å². The molecule has 0 aromatic heterocycles. The van der Waals surface area contributed by atoms with Crippen molar-refractivity contribution in [3.05, 3.63) is 24.0 Å². The summed E-state index contributed by atoms with van der Waals surface area (Å²) in [6, 6.07) is 0. The smallest absolute Gasteiger partial charge is 0.112 e. The number of quaternary nitrogens is 1. The largest absolute Gasteiger partial charge is 1.00 e. The minimum absolute atomic E-state index is 0. The predicted molar refractivity (Wildman–Crippen MR) is 39.0 cm³/mol. The Balaban J connectivity index is 0.000000810. The molecule has 0 aromatic rings. The van der Waals surface area contributed by atoms with Crippen molar-refractivity contribution < 1.29 is 17.3 Å². The van der Waals surface area contributed by atoms with Gasteiger partial charge in [-0.1, -0.05) is 6.92 Å².